The van der Waals surface area contributed by atoms with Gasteiger partial charge in [-0.25, -0.2) is 30.7 Å². The summed E-state index contributed by atoms with van der Waals surface area (Å²) in [5, 5.41) is 2.21. The average Bonchev–Trinajstić information content (AvgIpc) is 3.15. The average molecular weight is 422 g/mol. The zero-order valence-corrected chi connectivity index (χ0v) is 16.8. The predicted molar refractivity (Wildman–Crippen MR) is 97.6 cm³/mol. The summed E-state index contributed by atoms with van der Waals surface area (Å²) in [7, 11) is -5.82. The minimum absolute atomic E-state index is 0.0334. The number of hydrogen-bond donors (Lipinski definition) is 2. The van der Waals surface area contributed by atoms with Crippen LogP contribution in [0.15, 0.2) is 12.1 Å². The fourth-order valence-electron chi connectivity index (χ4n) is 2.43. The van der Waals surface area contributed by atoms with E-state index in [-0.39, 0.29) is 24.8 Å². The summed E-state index contributed by atoms with van der Waals surface area (Å²) in [6, 6.07) is 1.66. The number of methoxy groups -OCH3 is 2. The van der Waals surface area contributed by atoms with Crippen LogP contribution < -0.4 is 19.5 Å². The van der Waals surface area contributed by atoms with E-state index in [1.165, 1.54) is 26.4 Å². The highest BCUT2D eigenvalue weighted by Crippen LogP contribution is 2.22. The smallest absolute Gasteiger partial charge is 0.334 e. The van der Waals surface area contributed by atoms with Crippen molar-refractivity contribution in [1.29, 1.82) is 0 Å². The first-order valence-electron chi connectivity index (χ1n) is 8.02. The van der Waals surface area contributed by atoms with Crippen molar-refractivity contribution in [2.45, 2.75) is 24.3 Å². The van der Waals surface area contributed by atoms with Gasteiger partial charge < -0.3 is 9.47 Å². The molecule has 2 rings (SSSR count). The monoisotopic (exact) mass is 422 g/mol. The maximum absolute atomic E-state index is 12.4. The van der Waals surface area contributed by atoms with Crippen LogP contribution in [0, 0.1) is 0 Å². The number of nitrogens with zero attached hydrogens (tertiary/aromatic N) is 2. The summed E-state index contributed by atoms with van der Waals surface area (Å²) in [6.07, 6.45) is 1.34. The lowest BCUT2D eigenvalue weighted by Gasteiger charge is -2.21. The number of rotatable bonds is 7. The Bertz CT molecular complexity index is 874. The Hall–Kier alpha value is -2.12. The van der Waals surface area contributed by atoms with Crippen LogP contribution >= 0.6 is 0 Å². The maximum Gasteiger partial charge on any atom is 0.334 e. The summed E-state index contributed by atoms with van der Waals surface area (Å²) in [6.45, 7) is 1.56. The number of pyridine rings is 1. The standard InChI is InChI=1S/C14H22N4O7S2/c1-10(27(22,23)18-6-4-5-7-18)26(20,21)17-14(19)16-12-8-11(24-2)9-13(15-12)25-3/h8-10H,4-7H2,1-3H3,(H2,15,16,17,19). The highest BCUT2D eigenvalue weighted by Gasteiger charge is 2.40. The first-order valence-corrected chi connectivity index (χ1v) is 11.1. The molecule has 152 valence electrons. The van der Waals surface area contributed by atoms with Gasteiger partial charge in [0.05, 0.1) is 14.2 Å². The lowest BCUT2D eigenvalue weighted by Crippen LogP contribution is -2.47. The molecule has 1 aliphatic heterocycles. The van der Waals surface area contributed by atoms with Crippen LogP contribution in [0.25, 0.3) is 0 Å². The van der Waals surface area contributed by atoms with Crippen molar-refractivity contribution < 1.29 is 31.1 Å². The second-order valence-electron chi connectivity index (χ2n) is 5.75. The third kappa shape index (κ3) is 4.99. The molecule has 1 saturated heterocycles. The molecule has 11 nitrogen and oxygen atoms in total. The number of anilines is 1. The highest BCUT2D eigenvalue weighted by atomic mass is 32.3. The van der Waals surface area contributed by atoms with Crippen LogP contribution in [0.2, 0.25) is 0 Å². The van der Waals surface area contributed by atoms with E-state index in [1.54, 1.807) is 4.72 Å². The molecule has 0 spiro atoms. The summed E-state index contributed by atoms with van der Waals surface area (Å²) in [4.78, 5) is 16.0. The Morgan fingerprint density at radius 2 is 1.78 bits per heavy atom. The molecule has 0 radical (unpaired) electrons. The van der Waals surface area contributed by atoms with Crippen molar-refractivity contribution in [2.75, 3.05) is 32.6 Å². The highest BCUT2D eigenvalue weighted by molar-refractivity contribution is 8.07. The molecule has 0 aromatic carbocycles. The Morgan fingerprint density at radius 3 is 2.33 bits per heavy atom. The van der Waals surface area contributed by atoms with Crippen molar-refractivity contribution in [3.05, 3.63) is 12.1 Å². The molecule has 1 atom stereocenters. The van der Waals surface area contributed by atoms with Gasteiger partial charge in [0.2, 0.25) is 15.9 Å². The molecule has 2 amide bonds. The van der Waals surface area contributed by atoms with Crippen LogP contribution in [0.4, 0.5) is 10.6 Å². The van der Waals surface area contributed by atoms with Crippen LogP contribution in [0.3, 0.4) is 0 Å². The Morgan fingerprint density at radius 1 is 1.15 bits per heavy atom. The number of nitrogens with one attached hydrogen (secondary N) is 2. The molecular weight excluding hydrogens is 400 g/mol. The molecule has 1 aromatic heterocycles. The summed E-state index contributed by atoms with van der Waals surface area (Å²) >= 11 is 0. The SMILES string of the molecule is COc1cc(NC(=O)NS(=O)(=O)C(C)S(=O)(=O)N2CCCC2)nc(OC)c1. The number of ether oxygens (including phenoxy) is 2. The Labute approximate surface area is 158 Å². The van der Waals surface area contributed by atoms with Gasteiger partial charge in [0, 0.05) is 25.2 Å². The third-order valence-electron chi connectivity index (χ3n) is 3.98. The van der Waals surface area contributed by atoms with Gasteiger partial charge in [-0.15, -0.1) is 0 Å². The van der Waals surface area contributed by atoms with Gasteiger partial charge in [0.15, 0.2) is 4.58 Å². The number of urea groups is 1. The number of hydrogen-bond acceptors (Lipinski definition) is 8. The minimum atomic E-state index is -4.49. The van der Waals surface area contributed by atoms with E-state index >= 15 is 0 Å². The lowest BCUT2D eigenvalue weighted by atomic mass is 10.4. The first-order chi connectivity index (χ1) is 12.6. The maximum atomic E-state index is 12.4. The molecule has 2 heterocycles. The van der Waals surface area contributed by atoms with Crippen molar-refractivity contribution in [3.63, 3.8) is 0 Å². The number of aromatic nitrogens is 1. The topological polar surface area (TPSA) is 144 Å². The van der Waals surface area contributed by atoms with Gasteiger partial charge in [-0.1, -0.05) is 0 Å². The Balaban J connectivity index is 2.12. The molecule has 1 fully saturated rings. The molecule has 1 aromatic rings. The zero-order chi connectivity index (χ0) is 20.2. The molecule has 1 aliphatic rings. The molecule has 27 heavy (non-hydrogen) atoms. The van der Waals surface area contributed by atoms with Crippen molar-refractivity contribution in [2.24, 2.45) is 0 Å². The van der Waals surface area contributed by atoms with Crippen LogP contribution in [0.1, 0.15) is 19.8 Å². The largest absolute Gasteiger partial charge is 0.496 e. The van der Waals surface area contributed by atoms with Gasteiger partial charge in [-0.2, -0.15) is 4.98 Å². The quantitative estimate of drug-likeness (QED) is 0.639. The van der Waals surface area contributed by atoms with Crippen molar-refractivity contribution in [1.82, 2.24) is 14.0 Å². The first kappa shape index (κ1) is 21.2. The van der Waals surface area contributed by atoms with Gasteiger partial charge >= 0.3 is 6.03 Å². The molecule has 0 saturated carbocycles. The molecule has 1 unspecified atom stereocenters. The second-order valence-corrected chi connectivity index (χ2v) is 10.3. The van der Waals surface area contributed by atoms with Gasteiger partial charge in [0.1, 0.15) is 11.6 Å². The van der Waals surface area contributed by atoms with E-state index in [1.807, 2.05) is 0 Å². The molecule has 0 aliphatic carbocycles. The van der Waals surface area contributed by atoms with E-state index in [4.69, 9.17) is 9.47 Å². The fourth-order valence-corrected chi connectivity index (χ4v) is 5.89. The number of amides is 2. The molecule has 0 bridgehead atoms. The molecule has 13 heteroatoms. The van der Waals surface area contributed by atoms with Crippen LogP contribution in [-0.2, 0) is 20.0 Å². The third-order valence-corrected chi connectivity index (χ3v) is 8.74. The summed E-state index contributed by atoms with van der Waals surface area (Å²) in [5.41, 5.74) is 0. The minimum Gasteiger partial charge on any atom is -0.496 e. The number of carbonyl (C=O) groups excluding carboxylic acids is 1. The van der Waals surface area contributed by atoms with Crippen molar-refractivity contribution in [3.8, 4) is 11.6 Å². The Kier molecular flexibility index (Phi) is 6.49. The molecule has 2 N–H and O–H groups in total. The van der Waals surface area contributed by atoms with E-state index < -0.39 is 30.7 Å². The number of sulfonamides is 2. The zero-order valence-electron chi connectivity index (χ0n) is 15.1. The van der Waals surface area contributed by atoms with Gasteiger partial charge in [-0.3, -0.25) is 5.32 Å². The normalized spacial score (nSPS) is 16.6. The van der Waals surface area contributed by atoms with Crippen LogP contribution in [0.5, 0.6) is 11.6 Å². The predicted octanol–water partition coefficient (Wildman–Crippen LogP) is 0.322. The van der Waals surface area contributed by atoms with Gasteiger partial charge in [-0.05, 0) is 19.8 Å². The van der Waals surface area contributed by atoms with Crippen LogP contribution in [-0.4, -0.2) is 64.0 Å². The lowest BCUT2D eigenvalue weighted by molar-refractivity contribution is 0.256. The van der Waals surface area contributed by atoms with E-state index in [0.29, 0.717) is 18.6 Å². The number of carbonyl (C=O) groups is 1. The van der Waals surface area contributed by atoms with E-state index in [2.05, 4.69) is 10.3 Å². The summed E-state index contributed by atoms with van der Waals surface area (Å²) in [5.74, 6) is 0.427. The second kappa shape index (κ2) is 8.27. The fraction of sp³-hybridized carbons (Fsp3) is 0.571. The molecular formula is C14H22N4O7S2. The van der Waals surface area contributed by atoms with Gasteiger partial charge in [0.25, 0.3) is 10.0 Å². The van der Waals surface area contributed by atoms with E-state index in [0.717, 1.165) is 11.2 Å². The summed E-state index contributed by atoms with van der Waals surface area (Å²) < 4.78 is 60.5. The van der Waals surface area contributed by atoms with Crippen molar-refractivity contribution >= 4 is 31.9 Å². The van der Waals surface area contributed by atoms with E-state index in [9.17, 15) is 21.6 Å².